The van der Waals surface area contributed by atoms with Crippen LogP contribution in [0, 0.1) is 11.8 Å². The molecule has 4 atom stereocenters. The fourth-order valence-corrected chi connectivity index (χ4v) is 4.12. The van der Waals surface area contributed by atoms with E-state index in [-0.39, 0.29) is 26.2 Å². The van der Waals surface area contributed by atoms with Gasteiger partial charge in [-0.3, -0.25) is 14.4 Å². The maximum atomic E-state index is 12.9. The zero-order valence-corrected chi connectivity index (χ0v) is 21.4. The fraction of sp³-hybridized carbons (Fsp3) is 0.560. The topological polar surface area (TPSA) is 161 Å². The standard InChI is InChI=1S/C25H32O12/c1-14(9-33-16(3)27)6-21(30)35-11-18-12-36-24(37-22(31)7-15(2)10-34-17(4)28)23-19(18)8-20(29)25(23,13-26)32-5/h6-7,12,19,23-24,26H,8-11,13H2,1-5H3. The van der Waals surface area contributed by atoms with Crippen LogP contribution in [0.1, 0.15) is 34.1 Å². The number of hydrogen-bond acceptors (Lipinski definition) is 12. The molecule has 0 bridgehead atoms. The van der Waals surface area contributed by atoms with Crippen molar-refractivity contribution < 1.29 is 57.5 Å². The van der Waals surface area contributed by atoms with Crippen LogP contribution in [0.2, 0.25) is 0 Å². The van der Waals surface area contributed by atoms with Gasteiger partial charge in [0.2, 0.25) is 6.29 Å². The van der Waals surface area contributed by atoms with Gasteiger partial charge in [-0.15, -0.1) is 0 Å². The minimum absolute atomic E-state index is 0.0653. The van der Waals surface area contributed by atoms with E-state index < -0.39 is 60.0 Å². The van der Waals surface area contributed by atoms with Crippen molar-refractivity contribution in [2.24, 2.45) is 11.8 Å². The molecule has 0 spiro atoms. The van der Waals surface area contributed by atoms with Gasteiger partial charge in [0.25, 0.3) is 0 Å². The molecule has 12 nitrogen and oxygen atoms in total. The Balaban J connectivity index is 2.18. The number of fused-ring (bicyclic) bond motifs is 1. The Morgan fingerprint density at radius 1 is 1.00 bits per heavy atom. The Bertz CT molecular complexity index is 1000. The van der Waals surface area contributed by atoms with Crippen LogP contribution in [-0.4, -0.2) is 80.2 Å². The average Bonchev–Trinajstić information content (AvgIpc) is 3.13. The Kier molecular flexibility index (Phi) is 10.6. The third-order valence-electron chi connectivity index (χ3n) is 5.92. The molecular weight excluding hydrogens is 492 g/mol. The highest BCUT2D eigenvalue weighted by Crippen LogP contribution is 2.48. The molecule has 12 heteroatoms. The van der Waals surface area contributed by atoms with Gasteiger partial charge < -0.3 is 33.5 Å². The van der Waals surface area contributed by atoms with E-state index in [0.29, 0.717) is 16.7 Å². The number of carbonyl (C=O) groups is 5. The third kappa shape index (κ3) is 7.73. The van der Waals surface area contributed by atoms with Crippen molar-refractivity contribution >= 4 is 29.7 Å². The molecule has 0 aromatic heterocycles. The summed E-state index contributed by atoms with van der Waals surface area (Å²) in [6.45, 7) is 4.54. The van der Waals surface area contributed by atoms with E-state index in [9.17, 15) is 29.1 Å². The lowest BCUT2D eigenvalue weighted by molar-refractivity contribution is -0.209. The van der Waals surface area contributed by atoms with Crippen LogP contribution >= 0.6 is 0 Å². The number of ketones is 1. The molecule has 0 radical (unpaired) electrons. The number of rotatable bonds is 11. The highest BCUT2D eigenvalue weighted by Gasteiger charge is 2.62. The van der Waals surface area contributed by atoms with Gasteiger partial charge in [0, 0.05) is 51.0 Å². The molecule has 2 rings (SSSR count). The van der Waals surface area contributed by atoms with E-state index in [0.717, 1.165) is 6.08 Å². The Labute approximate surface area is 214 Å². The molecule has 0 amide bonds. The van der Waals surface area contributed by atoms with Gasteiger partial charge in [-0.05, 0) is 25.0 Å². The molecule has 1 saturated carbocycles. The van der Waals surface area contributed by atoms with Crippen LogP contribution in [0.25, 0.3) is 0 Å². The van der Waals surface area contributed by atoms with Gasteiger partial charge in [0.1, 0.15) is 19.8 Å². The van der Waals surface area contributed by atoms with E-state index in [4.69, 9.17) is 28.4 Å². The summed E-state index contributed by atoms with van der Waals surface area (Å²) in [5.74, 6) is -4.48. The molecule has 1 heterocycles. The van der Waals surface area contributed by atoms with Crippen molar-refractivity contribution in [1.29, 1.82) is 0 Å². The molecule has 1 fully saturated rings. The monoisotopic (exact) mass is 524 g/mol. The van der Waals surface area contributed by atoms with Crippen molar-refractivity contribution in [3.8, 4) is 0 Å². The van der Waals surface area contributed by atoms with E-state index in [1.807, 2.05) is 0 Å². The minimum atomic E-state index is -1.70. The summed E-state index contributed by atoms with van der Waals surface area (Å²) in [6, 6.07) is 0. The van der Waals surface area contributed by atoms with Gasteiger partial charge in [-0.1, -0.05) is 0 Å². The predicted octanol–water partition coefficient (Wildman–Crippen LogP) is 0.915. The van der Waals surface area contributed by atoms with Gasteiger partial charge in [-0.2, -0.15) is 0 Å². The number of Topliss-reactive ketones (excluding diaryl/α,β-unsaturated/α-hetero) is 1. The first-order chi connectivity index (χ1) is 17.4. The molecule has 0 aromatic rings. The van der Waals surface area contributed by atoms with Crippen LogP contribution in [0.4, 0.5) is 0 Å². The fourth-order valence-electron chi connectivity index (χ4n) is 4.12. The summed E-state index contributed by atoms with van der Waals surface area (Å²) < 4.78 is 31.4. The van der Waals surface area contributed by atoms with Crippen molar-refractivity contribution in [2.75, 3.05) is 33.5 Å². The second-order valence-electron chi connectivity index (χ2n) is 8.80. The second kappa shape index (κ2) is 13.2. The Morgan fingerprint density at radius 3 is 2.08 bits per heavy atom. The summed E-state index contributed by atoms with van der Waals surface area (Å²) in [6.07, 6.45) is 2.19. The molecule has 37 heavy (non-hydrogen) atoms. The molecule has 1 aliphatic heterocycles. The number of esters is 4. The lowest BCUT2D eigenvalue weighted by atomic mass is 9.80. The predicted molar refractivity (Wildman–Crippen MR) is 124 cm³/mol. The zero-order valence-electron chi connectivity index (χ0n) is 21.4. The molecule has 2 aliphatic rings. The number of methoxy groups -OCH3 is 1. The lowest BCUT2D eigenvalue weighted by Gasteiger charge is -2.39. The maximum absolute atomic E-state index is 12.9. The van der Waals surface area contributed by atoms with Crippen molar-refractivity contribution in [1.82, 2.24) is 0 Å². The van der Waals surface area contributed by atoms with E-state index in [1.54, 1.807) is 13.8 Å². The number of aliphatic hydroxyl groups excluding tert-OH is 1. The first kappa shape index (κ1) is 29.7. The van der Waals surface area contributed by atoms with Crippen molar-refractivity contribution in [3.63, 3.8) is 0 Å². The smallest absolute Gasteiger partial charge is 0.333 e. The normalized spacial score (nSPS) is 25.4. The van der Waals surface area contributed by atoms with Gasteiger partial charge >= 0.3 is 23.9 Å². The molecule has 204 valence electrons. The highest BCUT2D eigenvalue weighted by atomic mass is 16.7. The number of hydrogen-bond donors (Lipinski definition) is 1. The summed E-state index contributed by atoms with van der Waals surface area (Å²) in [7, 11) is 1.26. The van der Waals surface area contributed by atoms with Crippen molar-refractivity contribution in [2.45, 2.75) is 46.0 Å². The van der Waals surface area contributed by atoms with Crippen LogP contribution in [-0.2, 0) is 52.4 Å². The summed E-state index contributed by atoms with van der Waals surface area (Å²) >= 11 is 0. The molecule has 0 saturated heterocycles. The Hall–Kier alpha value is -3.51. The van der Waals surface area contributed by atoms with Crippen LogP contribution < -0.4 is 0 Å². The summed E-state index contributed by atoms with van der Waals surface area (Å²) in [5.41, 5.74) is -0.393. The van der Waals surface area contributed by atoms with E-state index >= 15 is 0 Å². The van der Waals surface area contributed by atoms with Crippen LogP contribution in [0.3, 0.4) is 0 Å². The first-order valence-electron chi connectivity index (χ1n) is 11.5. The third-order valence-corrected chi connectivity index (χ3v) is 5.92. The number of aliphatic hydroxyl groups is 1. The van der Waals surface area contributed by atoms with E-state index in [2.05, 4.69) is 0 Å². The molecule has 4 unspecified atom stereocenters. The highest BCUT2D eigenvalue weighted by molar-refractivity contribution is 5.91. The second-order valence-corrected chi connectivity index (χ2v) is 8.80. The van der Waals surface area contributed by atoms with Gasteiger partial charge in [-0.25, -0.2) is 9.59 Å². The zero-order chi connectivity index (χ0) is 27.8. The number of ether oxygens (including phenoxy) is 6. The maximum Gasteiger partial charge on any atom is 0.333 e. The summed E-state index contributed by atoms with van der Waals surface area (Å²) in [4.78, 5) is 59.5. The van der Waals surface area contributed by atoms with Gasteiger partial charge in [0.05, 0.1) is 18.8 Å². The van der Waals surface area contributed by atoms with Crippen molar-refractivity contribution in [3.05, 3.63) is 35.1 Å². The summed E-state index contributed by atoms with van der Waals surface area (Å²) in [5, 5.41) is 10.1. The molecule has 1 aliphatic carbocycles. The molecule has 0 aromatic carbocycles. The Morgan fingerprint density at radius 2 is 1.57 bits per heavy atom. The largest absolute Gasteiger partial charge is 0.462 e. The molecular formula is C25H32O12. The van der Waals surface area contributed by atoms with E-state index in [1.165, 1.54) is 33.3 Å². The molecule has 1 N–H and O–H groups in total. The van der Waals surface area contributed by atoms with Gasteiger partial charge in [0.15, 0.2) is 11.4 Å². The number of carbonyl (C=O) groups excluding carboxylic acids is 5. The van der Waals surface area contributed by atoms with Crippen LogP contribution in [0.5, 0.6) is 0 Å². The SMILES string of the molecule is COC1(CO)C(=O)CC2C(COC(=O)C=C(C)COC(C)=O)=COC(OC(=O)C=C(C)COC(C)=O)C21. The van der Waals surface area contributed by atoms with Crippen LogP contribution in [0.15, 0.2) is 35.1 Å². The quantitative estimate of drug-likeness (QED) is 0.231. The lowest BCUT2D eigenvalue weighted by Crippen LogP contribution is -2.53. The average molecular weight is 525 g/mol. The minimum Gasteiger partial charge on any atom is -0.462 e. The first-order valence-corrected chi connectivity index (χ1v) is 11.5.